The molecule has 0 heterocycles. The summed E-state index contributed by atoms with van der Waals surface area (Å²) in [6, 6.07) is 0. The van der Waals surface area contributed by atoms with E-state index in [2.05, 4.69) is 6.92 Å². The molecule has 1 aliphatic rings. The molecule has 2 heteroatoms. The molecule has 1 nitrogen and oxygen atoms in total. The van der Waals surface area contributed by atoms with Gasteiger partial charge in [-0.05, 0) is 12.0 Å². The topological polar surface area (TPSA) is 17.1 Å². The lowest BCUT2D eigenvalue weighted by atomic mass is 9.86. The van der Waals surface area contributed by atoms with Gasteiger partial charge in [-0.25, -0.2) is 0 Å². The third kappa shape index (κ3) is 1.31. The van der Waals surface area contributed by atoms with Crippen LogP contribution in [0.25, 0.3) is 0 Å². The molecule has 0 aliphatic heterocycles. The fraction of sp³-hybridized carbons (Fsp3) is 0.625. The fourth-order valence-electron chi connectivity index (χ4n) is 1.35. The Morgan fingerprint density at radius 2 is 2.40 bits per heavy atom. The van der Waals surface area contributed by atoms with E-state index in [9.17, 15) is 4.79 Å². The number of hydrogen-bond acceptors (Lipinski definition) is 1. The molecule has 0 amide bonds. The summed E-state index contributed by atoms with van der Waals surface area (Å²) >= 11 is 0. The predicted octanol–water partition coefficient (Wildman–Crippen LogP) is 1.35. The van der Waals surface area contributed by atoms with Crippen LogP contribution in [0, 0.1) is 11.8 Å². The number of rotatable bonds is 2. The Morgan fingerprint density at radius 1 is 1.70 bits per heavy atom. The van der Waals surface area contributed by atoms with E-state index >= 15 is 0 Å². The summed E-state index contributed by atoms with van der Waals surface area (Å²) in [6.45, 7) is 2.06. The van der Waals surface area contributed by atoms with Crippen LogP contribution < -0.4 is 0 Å². The number of carbonyl (C=O) groups excluding carboxylic acids is 1. The molecule has 2 unspecified atom stereocenters. The van der Waals surface area contributed by atoms with Gasteiger partial charge in [0.15, 0.2) is 5.78 Å². The van der Waals surface area contributed by atoms with Gasteiger partial charge in [0.05, 0.1) is 7.85 Å². The fourth-order valence-corrected chi connectivity index (χ4v) is 1.35. The lowest BCUT2D eigenvalue weighted by Gasteiger charge is -2.11. The van der Waals surface area contributed by atoms with Gasteiger partial charge in [-0.3, -0.25) is 4.79 Å². The van der Waals surface area contributed by atoms with Crippen molar-refractivity contribution in [2.75, 3.05) is 0 Å². The van der Waals surface area contributed by atoms with Crippen LogP contribution in [-0.2, 0) is 4.79 Å². The van der Waals surface area contributed by atoms with Crippen molar-refractivity contribution in [3.05, 3.63) is 12.2 Å². The maximum Gasteiger partial charge on any atom is 0.159 e. The first-order valence-electron chi connectivity index (χ1n) is 3.68. The predicted molar refractivity (Wildman–Crippen MR) is 42.0 cm³/mol. The van der Waals surface area contributed by atoms with Crippen LogP contribution in [0.15, 0.2) is 12.2 Å². The van der Waals surface area contributed by atoms with E-state index in [1.165, 1.54) is 0 Å². The third-order valence-corrected chi connectivity index (χ3v) is 2.04. The van der Waals surface area contributed by atoms with E-state index in [0.717, 1.165) is 6.42 Å². The lowest BCUT2D eigenvalue weighted by molar-refractivity contribution is -0.118. The average Bonchev–Trinajstić information content (AvgIpc) is 2.20. The Kier molecular flexibility index (Phi) is 2.31. The summed E-state index contributed by atoms with van der Waals surface area (Å²) in [4.78, 5) is 11.0. The van der Waals surface area contributed by atoms with Crippen molar-refractivity contribution in [2.24, 2.45) is 11.8 Å². The third-order valence-electron chi connectivity index (χ3n) is 2.04. The van der Waals surface area contributed by atoms with Gasteiger partial charge in [-0.15, -0.1) is 0 Å². The molecular formula is C8H11BO. The van der Waals surface area contributed by atoms with Crippen LogP contribution >= 0.6 is 0 Å². The minimum absolute atomic E-state index is 0.171. The van der Waals surface area contributed by atoms with Crippen LogP contribution in [0.4, 0.5) is 0 Å². The highest BCUT2D eigenvalue weighted by Crippen LogP contribution is 2.25. The molecule has 10 heavy (non-hydrogen) atoms. The van der Waals surface area contributed by atoms with E-state index in [1.54, 1.807) is 6.08 Å². The molecule has 2 radical (unpaired) electrons. The highest BCUT2D eigenvalue weighted by atomic mass is 16.1. The van der Waals surface area contributed by atoms with Gasteiger partial charge in [0.25, 0.3) is 0 Å². The van der Waals surface area contributed by atoms with Crippen molar-refractivity contribution in [3.8, 4) is 0 Å². The van der Waals surface area contributed by atoms with Gasteiger partial charge in [-0.1, -0.05) is 25.7 Å². The summed E-state index contributed by atoms with van der Waals surface area (Å²) in [5, 5.41) is 0. The van der Waals surface area contributed by atoms with Crippen molar-refractivity contribution in [2.45, 2.75) is 19.7 Å². The first-order chi connectivity index (χ1) is 4.75. The van der Waals surface area contributed by atoms with E-state index < -0.39 is 0 Å². The maximum atomic E-state index is 11.0. The minimum atomic E-state index is 0.171. The quantitative estimate of drug-likeness (QED) is 0.521. The Hall–Kier alpha value is -0.525. The number of hydrogen-bond donors (Lipinski definition) is 0. The van der Waals surface area contributed by atoms with Gasteiger partial charge in [0, 0.05) is 5.92 Å². The first kappa shape index (κ1) is 7.58. The SMILES string of the molecule is [B]CCC1C(=O)C=CC1C. The Balaban J connectivity index is 2.52. The first-order valence-corrected chi connectivity index (χ1v) is 3.68. The molecule has 0 bridgehead atoms. The van der Waals surface area contributed by atoms with E-state index in [-0.39, 0.29) is 11.7 Å². The normalized spacial score (nSPS) is 31.5. The zero-order valence-electron chi connectivity index (χ0n) is 6.21. The van der Waals surface area contributed by atoms with E-state index in [1.807, 2.05) is 6.08 Å². The lowest BCUT2D eigenvalue weighted by Crippen LogP contribution is -2.12. The van der Waals surface area contributed by atoms with Crippen molar-refractivity contribution in [3.63, 3.8) is 0 Å². The van der Waals surface area contributed by atoms with Gasteiger partial charge in [-0.2, -0.15) is 0 Å². The van der Waals surface area contributed by atoms with Crippen molar-refractivity contribution >= 4 is 13.6 Å². The molecule has 0 saturated carbocycles. The largest absolute Gasteiger partial charge is 0.295 e. The molecule has 0 N–H and O–H groups in total. The molecule has 1 rings (SSSR count). The molecule has 0 spiro atoms. The van der Waals surface area contributed by atoms with Crippen LogP contribution in [0.2, 0.25) is 6.32 Å². The molecule has 0 fully saturated rings. The number of allylic oxidation sites excluding steroid dienone is 2. The average molecular weight is 134 g/mol. The molecular weight excluding hydrogens is 123 g/mol. The monoisotopic (exact) mass is 134 g/mol. The summed E-state index contributed by atoms with van der Waals surface area (Å²) in [5.74, 6) is 0.819. The molecule has 0 aromatic rings. The van der Waals surface area contributed by atoms with Crippen LogP contribution in [-0.4, -0.2) is 13.6 Å². The number of ketones is 1. The summed E-state index contributed by atoms with van der Waals surface area (Å²) in [7, 11) is 5.35. The second kappa shape index (κ2) is 3.04. The zero-order valence-corrected chi connectivity index (χ0v) is 6.21. The Morgan fingerprint density at radius 3 is 2.80 bits per heavy atom. The second-order valence-corrected chi connectivity index (χ2v) is 2.80. The standard InChI is InChI=1S/C8H11BO/c1-6-2-3-8(10)7(6)4-5-9/h2-3,6-7H,4-5H2,1H3. The van der Waals surface area contributed by atoms with E-state index in [0.29, 0.717) is 12.2 Å². The highest BCUT2D eigenvalue weighted by Gasteiger charge is 2.24. The maximum absolute atomic E-state index is 11.0. The smallest absolute Gasteiger partial charge is 0.159 e. The molecule has 0 aromatic heterocycles. The van der Waals surface area contributed by atoms with Crippen LogP contribution in [0.1, 0.15) is 13.3 Å². The Labute approximate surface area is 62.9 Å². The van der Waals surface area contributed by atoms with Gasteiger partial charge >= 0.3 is 0 Å². The van der Waals surface area contributed by atoms with Gasteiger partial charge < -0.3 is 0 Å². The Bertz CT molecular complexity index is 163. The molecule has 52 valence electrons. The molecule has 0 saturated heterocycles. The molecule has 1 aliphatic carbocycles. The van der Waals surface area contributed by atoms with Crippen molar-refractivity contribution < 1.29 is 4.79 Å². The van der Waals surface area contributed by atoms with Crippen molar-refractivity contribution in [1.29, 1.82) is 0 Å². The van der Waals surface area contributed by atoms with Crippen LogP contribution in [0.5, 0.6) is 0 Å². The zero-order chi connectivity index (χ0) is 7.56. The van der Waals surface area contributed by atoms with Crippen LogP contribution in [0.3, 0.4) is 0 Å². The molecule has 2 atom stereocenters. The minimum Gasteiger partial charge on any atom is -0.295 e. The van der Waals surface area contributed by atoms with E-state index in [4.69, 9.17) is 7.85 Å². The summed E-state index contributed by atoms with van der Waals surface area (Å²) in [6.07, 6.45) is 5.07. The molecule has 0 aromatic carbocycles. The number of carbonyl (C=O) groups is 1. The van der Waals surface area contributed by atoms with Crippen molar-refractivity contribution in [1.82, 2.24) is 0 Å². The second-order valence-electron chi connectivity index (χ2n) is 2.80. The van der Waals surface area contributed by atoms with Gasteiger partial charge in [0.2, 0.25) is 0 Å². The van der Waals surface area contributed by atoms with Gasteiger partial charge in [0.1, 0.15) is 0 Å². The summed E-state index contributed by atoms with van der Waals surface area (Å²) < 4.78 is 0. The summed E-state index contributed by atoms with van der Waals surface area (Å²) in [5.41, 5.74) is 0. The highest BCUT2D eigenvalue weighted by molar-refractivity contribution is 6.08.